The topological polar surface area (TPSA) is 72.3 Å². The van der Waals surface area contributed by atoms with Gasteiger partial charge in [0.15, 0.2) is 0 Å². The van der Waals surface area contributed by atoms with Gasteiger partial charge in [0.05, 0.1) is 18.9 Å². The zero-order valence-electron chi connectivity index (χ0n) is 10.1. The molecular weight excluding hydrogens is 253 g/mol. The number of H-pyrrole nitrogens is 1. The molecule has 1 aliphatic heterocycles. The van der Waals surface area contributed by atoms with E-state index in [4.69, 9.17) is 4.74 Å². The molecule has 0 unspecified atom stereocenters. The first-order valence-corrected chi connectivity index (χ1v) is 5.93. The van der Waals surface area contributed by atoms with Crippen LogP contribution < -0.4 is 15.2 Å². The summed E-state index contributed by atoms with van der Waals surface area (Å²) in [5, 5.41) is 11.9. The number of hydrogen-bond acceptors (Lipinski definition) is 4. The van der Waals surface area contributed by atoms with Gasteiger partial charge >= 0.3 is 5.56 Å². The maximum Gasteiger partial charge on any atom is 0.345 e. The number of halogens is 1. The molecule has 1 N–H and O–H groups in total. The lowest BCUT2D eigenvalue weighted by Crippen LogP contribution is -2.38. The Labute approximate surface area is 107 Å². The minimum atomic E-state index is -0.538. The molecule has 0 radical (unpaired) electrons. The minimum absolute atomic E-state index is 0.0326. The molecule has 0 atom stereocenters. The zero-order chi connectivity index (χ0) is 13.4. The average molecular weight is 265 g/mol. The Balaban J connectivity index is 2.28. The summed E-state index contributed by atoms with van der Waals surface area (Å²) in [7, 11) is 0. The smallest absolute Gasteiger partial charge is 0.345 e. The van der Waals surface area contributed by atoms with Crippen molar-refractivity contribution >= 4 is 16.6 Å². The van der Waals surface area contributed by atoms with Gasteiger partial charge in [-0.25, -0.2) is 18.9 Å². The lowest BCUT2D eigenvalue weighted by Gasteiger charge is -2.29. The van der Waals surface area contributed by atoms with Crippen LogP contribution in [0.5, 0.6) is 0 Å². The average Bonchev–Trinajstić information content (AvgIpc) is 2.43. The Kier molecular flexibility index (Phi) is 2.83. The van der Waals surface area contributed by atoms with E-state index in [1.54, 1.807) is 0 Å². The van der Waals surface area contributed by atoms with Gasteiger partial charge in [0, 0.05) is 19.2 Å². The van der Waals surface area contributed by atoms with Gasteiger partial charge in [-0.3, -0.25) is 0 Å². The van der Waals surface area contributed by atoms with Crippen molar-refractivity contribution in [2.45, 2.75) is 0 Å². The van der Waals surface area contributed by atoms with E-state index in [1.165, 1.54) is 6.07 Å². The fourth-order valence-electron chi connectivity index (χ4n) is 2.30. The van der Waals surface area contributed by atoms with Crippen LogP contribution in [0.15, 0.2) is 23.3 Å². The van der Waals surface area contributed by atoms with E-state index >= 15 is 0 Å². The summed E-state index contributed by atoms with van der Waals surface area (Å²) < 4.78 is 19.3. The highest BCUT2D eigenvalue weighted by Crippen LogP contribution is 2.24. The van der Waals surface area contributed by atoms with Crippen molar-refractivity contribution in [3.8, 4) is 0 Å². The summed E-state index contributed by atoms with van der Waals surface area (Å²) in [6, 6.07) is 2.35. The van der Waals surface area contributed by atoms with Crippen LogP contribution in [-0.4, -0.2) is 31.3 Å². The van der Waals surface area contributed by atoms with Crippen molar-refractivity contribution in [1.82, 2.24) is 4.98 Å². The molecule has 19 heavy (non-hydrogen) atoms. The van der Waals surface area contributed by atoms with Crippen LogP contribution in [0.25, 0.3) is 10.9 Å². The predicted octanol–water partition coefficient (Wildman–Crippen LogP) is 0.137. The van der Waals surface area contributed by atoms with Crippen LogP contribution in [-0.2, 0) is 4.74 Å². The summed E-state index contributed by atoms with van der Waals surface area (Å²) in [5.74, 6) is -0.538. The molecule has 1 aliphatic rings. The number of hydrogen-bond donors (Lipinski definition) is 1. The van der Waals surface area contributed by atoms with Crippen LogP contribution in [0.3, 0.4) is 0 Å². The normalized spacial score (nSPS) is 15.9. The van der Waals surface area contributed by atoms with Gasteiger partial charge in [-0.2, -0.15) is 0 Å². The van der Waals surface area contributed by atoms with Crippen LogP contribution in [0.4, 0.5) is 10.1 Å². The second kappa shape index (κ2) is 4.51. The van der Waals surface area contributed by atoms with Gasteiger partial charge in [-0.1, -0.05) is 0 Å². The second-order valence-electron chi connectivity index (χ2n) is 4.35. The molecular formula is C12H12FN3O3. The number of rotatable bonds is 1. The van der Waals surface area contributed by atoms with Crippen LogP contribution in [0, 0.1) is 11.0 Å². The largest absolute Gasteiger partial charge is 0.711 e. The minimum Gasteiger partial charge on any atom is -0.711 e. The van der Waals surface area contributed by atoms with Gasteiger partial charge in [-0.05, 0) is 6.07 Å². The van der Waals surface area contributed by atoms with Gasteiger partial charge in [-0.15, -0.1) is 0 Å². The number of ether oxygens (including phenoxy) is 1. The Bertz CT molecular complexity index is 680. The lowest BCUT2D eigenvalue weighted by atomic mass is 10.1. The molecule has 2 heterocycles. The standard InChI is InChI=1S/C12H12FN3O3/c13-8-5-9(15-1-3-19-4-2-15)11-10(6-8)16(18)7-14-12(11)17/h5-7H,1-4H2,(H,14,17). The number of morpholine rings is 1. The number of benzene rings is 1. The van der Waals surface area contributed by atoms with E-state index in [9.17, 15) is 14.4 Å². The Morgan fingerprint density at radius 1 is 1.37 bits per heavy atom. The Hall–Kier alpha value is -2.15. The molecule has 1 aromatic carbocycles. The van der Waals surface area contributed by atoms with Crippen molar-refractivity contribution in [3.63, 3.8) is 0 Å². The summed E-state index contributed by atoms with van der Waals surface area (Å²) in [6.45, 7) is 2.15. The molecule has 0 aliphatic carbocycles. The molecule has 1 fully saturated rings. The molecule has 0 spiro atoms. The summed E-state index contributed by atoms with van der Waals surface area (Å²) in [5.41, 5.74) is 0.0681. The molecule has 0 bridgehead atoms. The number of fused-ring (bicyclic) bond motifs is 1. The lowest BCUT2D eigenvalue weighted by molar-refractivity contribution is -0.580. The van der Waals surface area contributed by atoms with Crippen LogP contribution in [0.1, 0.15) is 0 Å². The maximum absolute atomic E-state index is 13.6. The molecule has 3 rings (SSSR count). The maximum atomic E-state index is 13.6. The van der Waals surface area contributed by atoms with Gasteiger partial charge in [0.2, 0.25) is 6.33 Å². The van der Waals surface area contributed by atoms with E-state index < -0.39 is 11.4 Å². The third-order valence-corrected chi connectivity index (χ3v) is 3.19. The van der Waals surface area contributed by atoms with Gasteiger partial charge in [0.25, 0.3) is 0 Å². The van der Waals surface area contributed by atoms with Crippen LogP contribution >= 0.6 is 0 Å². The first kappa shape index (κ1) is 11.9. The predicted molar refractivity (Wildman–Crippen MR) is 66.5 cm³/mol. The first-order valence-electron chi connectivity index (χ1n) is 5.93. The number of anilines is 1. The second-order valence-corrected chi connectivity index (χ2v) is 4.35. The van der Waals surface area contributed by atoms with Crippen molar-refractivity contribution in [2.75, 3.05) is 31.2 Å². The van der Waals surface area contributed by atoms with E-state index in [1.807, 2.05) is 4.90 Å². The molecule has 100 valence electrons. The SMILES string of the molecule is O=c1[nH]c[n+]([O-])c2cc(F)cc(N3CCOCC3)c12. The molecule has 0 saturated carbocycles. The highest BCUT2D eigenvalue weighted by molar-refractivity contribution is 5.89. The van der Waals surface area contributed by atoms with Gasteiger partial charge < -0.3 is 14.8 Å². The fraction of sp³-hybridized carbons (Fsp3) is 0.333. The molecule has 1 aromatic heterocycles. The number of nitrogens with one attached hydrogen (secondary N) is 1. The summed E-state index contributed by atoms with van der Waals surface area (Å²) in [4.78, 5) is 16.1. The number of aromatic nitrogens is 2. The third kappa shape index (κ3) is 2.01. The Morgan fingerprint density at radius 2 is 2.11 bits per heavy atom. The molecule has 6 nitrogen and oxygen atoms in total. The first-order chi connectivity index (χ1) is 9.16. The highest BCUT2D eigenvalue weighted by atomic mass is 19.1. The quantitative estimate of drug-likeness (QED) is 0.588. The Morgan fingerprint density at radius 3 is 2.84 bits per heavy atom. The summed E-state index contributed by atoms with van der Waals surface area (Å²) >= 11 is 0. The van der Waals surface area contributed by atoms with Gasteiger partial charge in [0.1, 0.15) is 16.7 Å². The number of aromatic amines is 1. The summed E-state index contributed by atoms with van der Waals surface area (Å²) in [6.07, 6.45) is 0.979. The van der Waals surface area contributed by atoms with E-state index in [0.717, 1.165) is 12.4 Å². The zero-order valence-corrected chi connectivity index (χ0v) is 10.1. The molecule has 0 amide bonds. The van der Waals surface area contributed by atoms with E-state index in [0.29, 0.717) is 36.7 Å². The fourth-order valence-corrected chi connectivity index (χ4v) is 2.30. The molecule has 2 aromatic rings. The molecule has 1 saturated heterocycles. The van der Waals surface area contributed by atoms with Crippen molar-refractivity contribution in [2.24, 2.45) is 0 Å². The van der Waals surface area contributed by atoms with Crippen molar-refractivity contribution < 1.29 is 13.9 Å². The molecule has 7 heteroatoms. The van der Waals surface area contributed by atoms with Crippen molar-refractivity contribution in [1.29, 1.82) is 0 Å². The van der Waals surface area contributed by atoms with Crippen LogP contribution in [0.2, 0.25) is 0 Å². The monoisotopic (exact) mass is 265 g/mol. The number of nitrogens with zero attached hydrogens (tertiary/aromatic N) is 2. The highest BCUT2D eigenvalue weighted by Gasteiger charge is 2.20. The van der Waals surface area contributed by atoms with Crippen molar-refractivity contribution in [3.05, 3.63) is 39.8 Å². The van der Waals surface area contributed by atoms with E-state index in [2.05, 4.69) is 4.98 Å². The third-order valence-electron chi connectivity index (χ3n) is 3.19. The van der Waals surface area contributed by atoms with E-state index in [-0.39, 0.29) is 10.9 Å².